The van der Waals surface area contributed by atoms with Crippen molar-refractivity contribution in [1.29, 1.82) is 0 Å². The number of nitrogens with one attached hydrogen (secondary N) is 1. The second-order valence-corrected chi connectivity index (χ2v) is 16.2. The van der Waals surface area contributed by atoms with E-state index in [1.807, 2.05) is 26.4 Å². The van der Waals surface area contributed by atoms with Crippen LogP contribution in [0.5, 0.6) is 0 Å². The first kappa shape index (κ1) is 34.8. The molecule has 1 saturated heterocycles. The summed E-state index contributed by atoms with van der Waals surface area (Å²) in [6, 6.07) is 12.5. The van der Waals surface area contributed by atoms with Crippen LogP contribution in [0.25, 0.3) is 0 Å². The second-order valence-electron chi connectivity index (χ2n) is 14.5. The predicted molar refractivity (Wildman–Crippen MR) is 187 cm³/mol. The molecule has 1 heterocycles. The Morgan fingerprint density at radius 1 is 0.591 bits per heavy atom. The van der Waals surface area contributed by atoms with Gasteiger partial charge in [-0.05, 0) is 156 Å². The SMILES string of the molecule is COC1(C)CCC(c2ccc(Cl)c(Cl)c2)(C2CCCC2)CC1.COC1(C)CCC(c2ccc(Cl)c(Cl)c2)([C@H]2CCNC2)CC1. The van der Waals surface area contributed by atoms with Crippen molar-refractivity contribution < 1.29 is 9.47 Å². The van der Waals surface area contributed by atoms with Crippen molar-refractivity contribution in [2.45, 2.75) is 119 Å². The highest BCUT2D eigenvalue weighted by Gasteiger charge is 2.48. The highest BCUT2D eigenvalue weighted by molar-refractivity contribution is 6.42. The van der Waals surface area contributed by atoms with Gasteiger partial charge in [0.15, 0.2) is 0 Å². The highest BCUT2D eigenvalue weighted by Crippen LogP contribution is 2.54. The van der Waals surface area contributed by atoms with Crippen LogP contribution >= 0.6 is 46.4 Å². The zero-order valence-electron chi connectivity index (χ0n) is 27.1. The fraction of sp³-hybridized carbons (Fsp3) is 0.676. The molecule has 2 aromatic rings. The van der Waals surface area contributed by atoms with Crippen LogP contribution in [0.2, 0.25) is 20.1 Å². The summed E-state index contributed by atoms with van der Waals surface area (Å²) in [7, 11) is 3.69. The van der Waals surface area contributed by atoms with E-state index in [9.17, 15) is 0 Å². The van der Waals surface area contributed by atoms with Gasteiger partial charge in [-0.2, -0.15) is 0 Å². The van der Waals surface area contributed by atoms with Gasteiger partial charge in [0.05, 0.1) is 31.3 Å². The van der Waals surface area contributed by atoms with Crippen LogP contribution < -0.4 is 5.32 Å². The van der Waals surface area contributed by atoms with E-state index in [0.717, 1.165) is 57.5 Å². The number of rotatable bonds is 6. The third kappa shape index (κ3) is 7.15. The number of benzene rings is 2. The number of methoxy groups -OCH3 is 2. The molecule has 0 bridgehead atoms. The van der Waals surface area contributed by atoms with Gasteiger partial charge in [0.25, 0.3) is 0 Å². The maximum atomic E-state index is 6.33. The van der Waals surface area contributed by atoms with Crippen molar-refractivity contribution >= 4 is 46.4 Å². The molecular weight excluding hydrogens is 632 g/mol. The molecule has 0 aromatic heterocycles. The van der Waals surface area contributed by atoms with Crippen LogP contribution in [0.3, 0.4) is 0 Å². The molecule has 0 spiro atoms. The van der Waals surface area contributed by atoms with Crippen molar-refractivity contribution in [1.82, 2.24) is 5.32 Å². The zero-order chi connectivity index (χ0) is 31.6. The maximum Gasteiger partial charge on any atom is 0.0651 e. The summed E-state index contributed by atoms with van der Waals surface area (Å²) in [4.78, 5) is 0. The topological polar surface area (TPSA) is 30.5 Å². The predicted octanol–water partition coefficient (Wildman–Crippen LogP) is 11.2. The summed E-state index contributed by atoms with van der Waals surface area (Å²) in [6.07, 6.45) is 15.8. The van der Waals surface area contributed by atoms with E-state index in [2.05, 4.69) is 43.4 Å². The van der Waals surface area contributed by atoms with Crippen LogP contribution in [0, 0.1) is 11.8 Å². The van der Waals surface area contributed by atoms with E-state index in [0.29, 0.717) is 26.0 Å². The molecule has 0 radical (unpaired) electrons. The second kappa shape index (κ2) is 14.3. The molecule has 6 rings (SSSR count). The highest BCUT2D eigenvalue weighted by atomic mass is 35.5. The summed E-state index contributed by atoms with van der Waals surface area (Å²) in [5, 5.41) is 6.20. The quantitative estimate of drug-likeness (QED) is 0.329. The third-order valence-electron chi connectivity index (χ3n) is 12.4. The molecule has 0 unspecified atom stereocenters. The van der Waals surface area contributed by atoms with Gasteiger partial charge in [-0.3, -0.25) is 0 Å². The Balaban J connectivity index is 0.000000175. The molecule has 3 saturated carbocycles. The van der Waals surface area contributed by atoms with Gasteiger partial charge < -0.3 is 14.8 Å². The molecule has 244 valence electrons. The summed E-state index contributed by atoms with van der Waals surface area (Å²) in [5.74, 6) is 1.46. The van der Waals surface area contributed by atoms with Crippen LogP contribution in [-0.4, -0.2) is 38.5 Å². The van der Waals surface area contributed by atoms with E-state index in [-0.39, 0.29) is 22.0 Å². The number of halogens is 4. The molecule has 4 fully saturated rings. The fourth-order valence-corrected chi connectivity index (χ4v) is 9.54. The van der Waals surface area contributed by atoms with E-state index in [1.54, 1.807) is 0 Å². The van der Waals surface area contributed by atoms with Crippen LogP contribution in [0.4, 0.5) is 0 Å². The molecule has 2 aromatic carbocycles. The smallest absolute Gasteiger partial charge is 0.0651 e. The minimum absolute atomic E-state index is 0.0196. The summed E-state index contributed by atoms with van der Waals surface area (Å²) in [6.45, 7) is 6.71. The van der Waals surface area contributed by atoms with Crippen LogP contribution in [-0.2, 0) is 20.3 Å². The minimum Gasteiger partial charge on any atom is -0.379 e. The molecule has 44 heavy (non-hydrogen) atoms. The van der Waals surface area contributed by atoms with Crippen LogP contribution in [0.1, 0.15) is 108 Å². The van der Waals surface area contributed by atoms with E-state index < -0.39 is 0 Å². The van der Waals surface area contributed by atoms with Gasteiger partial charge in [0.2, 0.25) is 0 Å². The number of ether oxygens (including phenoxy) is 2. The van der Waals surface area contributed by atoms with Gasteiger partial charge in [0.1, 0.15) is 0 Å². The largest absolute Gasteiger partial charge is 0.379 e. The molecular formula is C37H51Cl4NO2. The Hall–Kier alpha value is -0.520. The Kier molecular flexibility index (Phi) is 11.3. The lowest BCUT2D eigenvalue weighted by molar-refractivity contribution is -0.0475. The van der Waals surface area contributed by atoms with Crippen molar-refractivity contribution in [3.63, 3.8) is 0 Å². The third-order valence-corrected chi connectivity index (χ3v) is 13.8. The molecule has 4 aliphatic rings. The van der Waals surface area contributed by atoms with Crippen molar-refractivity contribution in [2.75, 3.05) is 27.3 Å². The summed E-state index contributed by atoms with van der Waals surface area (Å²) < 4.78 is 11.5. The number of hydrogen-bond acceptors (Lipinski definition) is 3. The van der Waals surface area contributed by atoms with Gasteiger partial charge in [-0.15, -0.1) is 0 Å². The minimum atomic E-state index is 0.0196. The zero-order valence-corrected chi connectivity index (χ0v) is 30.1. The van der Waals surface area contributed by atoms with Crippen molar-refractivity contribution in [3.05, 3.63) is 67.6 Å². The Morgan fingerprint density at radius 2 is 1.02 bits per heavy atom. The lowest BCUT2D eigenvalue weighted by Crippen LogP contribution is -2.45. The average molecular weight is 684 g/mol. The van der Waals surface area contributed by atoms with E-state index >= 15 is 0 Å². The molecule has 1 N–H and O–H groups in total. The lowest BCUT2D eigenvalue weighted by atomic mass is 9.59. The molecule has 1 atom stereocenters. The summed E-state index contributed by atoms with van der Waals surface area (Å²) in [5.41, 5.74) is 3.28. The molecule has 0 amide bonds. The first-order valence-corrected chi connectivity index (χ1v) is 18.2. The molecule has 1 aliphatic heterocycles. The average Bonchev–Trinajstić information content (AvgIpc) is 3.78. The van der Waals surface area contributed by atoms with Gasteiger partial charge >= 0.3 is 0 Å². The normalized spacial score (nSPS) is 34.5. The van der Waals surface area contributed by atoms with Crippen molar-refractivity contribution in [2.24, 2.45) is 11.8 Å². The first-order chi connectivity index (χ1) is 21.0. The Labute approximate surface area is 286 Å². The molecule has 3 nitrogen and oxygen atoms in total. The molecule has 7 heteroatoms. The lowest BCUT2D eigenvalue weighted by Gasteiger charge is -2.48. The van der Waals surface area contributed by atoms with Gasteiger partial charge in [0, 0.05) is 14.2 Å². The standard InChI is InChI=1S/C19H26Cl2O.C18H25Cl2NO/c1-18(22-2)9-11-19(12-10-18,14-5-3-4-6-14)15-7-8-16(20)17(21)13-15;1-17(22-2)6-8-18(9-7-17,14-5-10-21-12-14)13-3-4-15(19)16(20)11-13/h7-8,13-14H,3-6,9-12H2,1-2H3;3-4,11,14,21H,5-10,12H2,1-2H3/t;14-,17?,18?/m.0/s1. The van der Waals surface area contributed by atoms with E-state index in [1.165, 1.54) is 56.1 Å². The maximum absolute atomic E-state index is 6.33. The van der Waals surface area contributed by atoms with Crippen LogP contribution in [0.15, 0.2) is 36.4 Å². The van der Waals surface area contributed by atoms with Gasteiger partial charge in [-0.1, -0.05) is 71.4 Å². The van der Waals surface area contributed by atoms with Gasteiger partial charge in [-0.25, -0.2) is 0 Å². The van der Waals surface area contributed by atoms with E-state index in [4.69, 9.17) is 55.9 Å². The Morgan fingerprint density at radius 3 is 1.39 bits per heavy atom. The number of hydrogen-bond donors (Lipinski definition) is 1. The Bertz CT molecular complexity index is 1160. The monoisotopic (exact) mass is 681 g/mol. The van der Waals surface area contributed by atoms with Crippen molar-refractivity contribution in [3.8, 4) is 0 Å². The first-order valence-electron chi connectivity index (χ1n) is 16.7. The fourth-order valence-electron chi connectivity index (χ4n) is 8.94. The molecule has 3 aliphatic carbocycles. The summed E-state index contributed by atoms with van der Waals surface area (Å²) >= 11 is 24.9.